The number of nitrogens with zero attached hydrogens (tertiary/aromatic N) is 1. The van der Waals surface area contributed by atoms with Crippen molar-refractivity contribution < 1.29 is 22.4 Å². The molecule has 1 radical (unpaired) electrons. The van der Waals surface area contributed by atoms with Gasteiger partial charge in [0.1, 0.15) is 29.2 Å². The summed E-state index contributed by atoms with van der Waals surface area (Å²) in [5.74, 6) is 0. The van der Waals surface area contributed by atoms with Gasteiger partial charge in [-0.25, -0.2) is 0 Å². The van der Waals surface area contributed by atoms with E-state index in [1.54, 1.807) is 0 Å². The Kier molecular flexibility index (Phi) is 6.34. The van der Waals surface area contributed by atoms with Crippen molar-refractivity contribution in [2.24, 2.45) is 0 Å². The average molecular weight is 499 g/mol. The van der Waals surface area contributed by atoms with Gasteiger partial charge in [0, 0.05) is 22.4 Å². The summed E-state index contributed by atoms with van der Waals surface area (Å²) >= 11 is 0. The molecule has 0 bridgehead atoms. The molecule has 0 spiro atoms. The zero-order chi connectivity index (χ0) is 15.3. The van der Waals surface area contributed by atoms with Crippen LogP contribution in [0.2, 0.25) is 0 Å². The Bertz CT molecular complexity index is 670. The van der Waals surface area contributed by atoms with Crippen molar-refractivity contribution in [3.05, 3.63) is 91.0 Å². The number of rotatable bonds is 4. The van der Waals surface area contributed by atoms with E-state index >= 15 is 0 Å². The molecule has 0 aliphatic rings. The molecule has 0 unspecified atom stereocenters. The zero-order valence-electron chi connectivity index (χ0n) is 12.6. The third kappa shape index (κ3) is 3.47. The van der Waals surface area contributed by atoms with E-state index in [0.29, 0.717) is 6.16 Å². The molecular weight excluding hydrogens is 482 g/mol. The molecule has 3 aromatic rings. The van der Waals surface area contributed by atoms with Crippen molar-refractivity contribution in [1.82, 2.24) is 0 Å². The smallest absolute Gasteiger partial charge is 0.159 e. The van der Waals surface area contributed by atoms with E-state index in [-0.39, 0.29) is 22.4 Å². The number of benzene rings is 3. The molecule has 1 nitrogen and oxygen atoms in total. The van der Waals surface area contributed by atoms with Gasteiger partial charge in [-0.1, -0.05) is 54.6 Å². The Morgan fingerprint density at radius 3 is 1.17 bits per heavy atom. The summed E-state index contributed by atoms with van der Waals surface area (Å²) in [5, 5.41) is 13.3. The van der Waals surface area contributed by atoms with E-state index in [1.165, 1.54) is 15.9 Å². The Labute approximate surface area is 153 Å². The first-order valence-corrected chi connectivity index (χ1v) is 9.27. The fourth-order valence-corrected chi connectivity index (χ4v) is 6.57. The van der Waals surface area contributed by atoms with Crippen LogP contribution in [0, 0.1) is 11.3 Å². The van der Waals surface area contributed by atoms with Crippen LogP contribution in [0.1, 0.15) is 0 Å². The maximum absolute atomic E-state index is 9.56. The van der Waals surface area contributed by atoms with Crippen molar-refractivity contribution in [3.8, 4) is 6.07 Å². The zero-order valence-corrected chi connectivity index (χ0v) is 15.6. The first-order valence-electron chi connectivity index (χ1n) is 7.30. The summed E-state index contributed by atoms with van der Waals surface area (Å²) in [5.41, 5.74) is 0. The minimum absolute atomic E-state index is 0. The van der Waals surface area contributed by atoms with Gasteiger partial charge < -0.3 is 0 Å². The molecule has 3 rings (SSSR count). The maximum atomic E-state index is 9.56. The first kappa shape index (κ1) is 17.7. The topological polar surface area (TPSA) is 23.8 Å². The van der Waals surface area contributed by atoms with Crippen LogP contribution in [0.5, 0.6) is 0 Å². The quantitative estimate of drug-likeness (QED) is 0.399. The van der Waals surface area contributed by atoms with Gasteiger partial charge in [-0.3, -0.25) is 0 Å². The molecule has 0 atom stereocenters. The predicted octanol–water partition coefficient (Wildman–Crippen LogP) is 3.50. The molecule has 0 heterocycles. The molecule has 0 saturated carbocycles. The summed E-state index contributed by atoms with van der Waals surface area (Å²) in [6.07, 6.45) is 0.519. The Hall–Kier alpha value is -1.68. The third-order valence-corrected chi connectivity index (χ3v) is 8.05. The van der Waals surface area contributed by atoms with Gasteiger partial charge in [0.15, 0.2) is 6.16 Å². The van der Waals surface area contributed by atoms with Crippen LogP contribution < -0.4 is 15.9 Å². The van der Waals surface area contributed by atoms with Crippen molar-refractivity contribution in [2.45, 2.75) is 0 Å². The number of nitriles is 1. The van der Waals surface area contributed by atoms with Crippen molar-refractivity contribution in [3.63, 3.8) is 0 Å². The van der Waals surface area contributed by atoms with Gasteiger partial charge in [0.2, 0.25) is 0 Å². The molecule has 117 valence electrons. The van der Waals surface area contributed by atoms with Gasteiger partial charge in [0.25, 0.3) is 0 Å². The van der Waals surface area contributed by atoms with Gasteiger partial charge in [-0.2, -0.15) is 5.26 Å². The van der Waals surface area contributed by atoms with Gasteiger partial charge in [0.05, 0.1) is 0 Å². The molecular formula is C20H17AuNP+. The summed E-state index contributed by atoms with van der Waals surface area (Å²) in [6, 6.07) is 33.9. The normalized spacial score (nSPS) is 10.4. The first-order chi connectivity index (χ1) is 10.9. The second-order valence-electron chi connectivity index (χ2n) is 5.13. The van der Waals surface area contributed by atoms with Crippen molar-refractivity contribution in [1.29, 1.82) is 5.26 Å². The van der Waals surface area contributed by atoms with E-state index in [4.69, 9.17) is 0 Å². The van der Waals surface area contributed by atoms with Crippen LogP contribution in [-0.2, 0) is 22.4 Å². The van der Waals surface area contributed by atoms with E-state index in [0.717, 1.165) is 0 Å². The Morgan fingerprint density at radius 1 is 0.609 bits per heavy atom. The molecule has 3 aromatic carbocycles. The SMILES string of the molecule is N#CC[P+](c1ccccc1)(c1ccccc1)c1ccccc1.[Au]. The van der Waals surface area contributed by atoms with Gasteiger partial charge >= 0.3 is 0 Å². The molecule has 0 aliphatic carbocycles. The van der Waals surface area contributed by atoms with Crippen LogP contribution in [0.25, 0.3) is 0 Å². The van der Waals surface area contributed by atoms with E-state index in [2.05, 4.69) is 78.9 Å². The molecule has 3 heteroatoms. The van der Waals surface area contributed by atoms with Gasteiger partial charge in [-0.05, 0) is 36.4 Å². The summed E-state index contributed by atoms with van der Waals surface area (Å²) in [6.45, 7) is 0. The molecule has 0 saturated heterocycles. The van der Waals surface area contributed by atoms with E-state index in [9.17, 15) is 5.26 Å². The standard InChI is InChI=1S/C20H17NP.Au/c21-16-17-22(18-10-4-1-5-11-18,19-12-6-2-7-13-19)20-14-8-3-9-15-20;/h1-15H,17H2;/q+1;. The predicted molar refractivity (Wildman–Crippen MR) is 95.6 cm³/mol. The van der Waals surface area contributed by atoms with Crippen molar-refractivity contribution in [2.75, 3.05) is 6.16 Å². The molecule has 0 amide bonds. The minimum atomic E-state index is -1.91. The van der Waals surface area contributed by atoms with Crippen LogP contribution in [0.4, 0.5) is 0 Å². The largest absolute Gasteiger partial charge is 0.194 e. The summed E-state index contributed by atoms with van der Waals surface area (Å²) in [7, 11) is -1.91. The van der Waals surface area contributed by atoms with E-state index < -0.39 is 7.26 Å². The van der Waals surface area contributed by atoms with Crippen LogP contribution >= 0.6 is 7.26 Å². The molecule has 0 aliphatic heterocycles. The van der Waals surface area contributed by atoms with Crippen LogP contribution in [0.3, 0.4) is 0 Å². The third-order valence-electron chi connectivity index (χ3n) is 3.90. The summed E-state index contributed by atoms with van der Waals surface area (Å²) in [4.78, 5) is 0. The monoisotopic (exact) mass is 499 g/mol. The fraction of sp³-hybridized carbons (Fsp3) is 0.0500. The van der Waals surface area contributed by atoms with Crippen molar-refractivity contribution >= 4 is 23.2 Å². The van der Waals surface area contributed by atoms with Gasteiger partial charge in [-0.15, -0.1) is 0 Å². The molecule has 0 fully saturated rings. The second-order valence-corrected chi connectivity index (χ2v) is 8.62. The average Bonchev–Trinajstić information content (AvgIpc) is 2.62. The number of hydrogen-bond acceptors (Lipinski definition) is 1. The fourth-order valence-electron chi connectivity index (χ4n) is 2.87. The van der Waals surface area contributed by atoms with Crippen LogP contribution in [0.15, 0.2) is 91.0 Å². The maximum Gasteiger partial charge on any atom is 0.159 e. The van der Waals surface area contributed by atoms with E-state index in [1.807, 2.05) is 18.2 Å². The molecule has 23 heavy (non-hydrogen) atoms. The molecule has 0 N–H and O–H groups in total. The summed E-state index contributed by atoms with van der Waals surface area (Å²) < 4.78 is 0. The minimum Gasteiger partial charge on any atom is -0.194 e. The second kappa shape index (κ2) is 8.25. The Morgan fingerprint density at radius 2 is 0.913 bits per heavy atom. The van der Waals surface area contributed by atoms with Crippen LogP contribution in [-0.4, -0.2) is 6.16 Å². The molecule has 0 aromatic heterocycles. The Balaban J connectivity index is 0.00000192. The number of hydrogen-bond donors (Lipinski definition) is 0.